The fourth-order valence-electron chi connectivity index (χ4n) is 1.89. The number of aromatic nitrogens is 2. The van der Waals surface area contributed by atoms with Crippen LogP contribution in [0.5, 0.6) is 0 Å². The van der Waals surface area contributed by atoms with E-state index in [-0.39, 0.29) is 0 Å². The molecule has 15 heavy (non-hydrogen) atoms. The van der Waals surface area contributed by atoms with E-state index in [1.54, 1.807) is 0 Å². The minimum Gasteiger partial charge on any atom is -0.311 e. The van der Waals surface area contributed by atoms with Gasteiger partial charge < -0.3 is 5.32 Å². The minimum atomic E-state index is 0.835. The molecule has 84 valence electrons. The average molecular weight is 225 g/mol. The fourth-order valence-corrected chi connectivity index (χ4v) is 3.13. The van der Waals surface area contributed by atoms with Crippen LogP contribution in [0.25, 0.3) is 0 Å². The first kappa shape index (κ1) is 11.0. The minimum absolute atomic E-state index is 0.835. The first-order chi connectivity index (χ1) is 7.27. The zero-order valence-electron chi connectivity index (χ0n) is 9.49. The Balaban J connectivity index is 1.75. The highest BCUT2D eigenvalue weighted by Crippen LogP contribution is 2.25. The highest BCUT2D eigenvalue weighted by molar-refractivity contribution is 8.00. The average Bonchev–Trinajstić information content (AvgIpc) is 2.83. The smallest absolute Gasteiger partial charge is 0.0537 e. The SMILES string of the molecule is Cc1c(CNCC2CCCS2)cnn1C. The van der Waals surface area contributed by atoms with Crippen LogP contribution in [0.2, 0.25) is 0 Å². The molecule has 2 heterocycles. The van der Waals surface area contributed by atoms with Crippen LogP contribution in [0.1, 0.15) is 24.1 Å². The lowest BCUT2D eigenvalue weighted by atomic mass is 10.2. The molecule has 0 saturated carbocycles. The molecule has 0 aliphatic carbocycles. The molecule has 1 N–H and O–H groups in total. The van der Waals surface area contributed by atoms with Gasteiger partial charge in [-0.05, 0) is 25.5 Å². The number of nitrogens with one attached hydrogen (secondary N) is 1. The van der Waals surface area contributed by atoms with E-state index in [1.165, 1.54) is 29.9 Å². The van der Waals surface area contributed by atoms with Crippen LogP contribution >= 0.6 is 11.8 Å². The summed E-state index contributed by atoms with van der Waals surface area (Å²) in [5.41, 5.74) is 2.59. The zero-order valence-corrected chi connectivity index (χ0v) is 10.3. The third-order valence-electron chi connectivity index (χ3n) is 3.05. The van der Waals surface area contributed by atoms with Gasteiger partial charge in [-0.3, -0.25) is 4.68 Å². The van der Waals surface area contributed by atoms with Crippen molar-refractivity contribution in [2.75, 3.05) is 12.3 Å². The van der Waals surface area contributed by atoms with E-state index in [9.17, 15) is 0 Å². The Morgan fingerprint density at radius 1 is 1.67 bits per heavy atom. The van der Waals surface area contributed by atoms with Gasteiger partial charge in [0.25, 0.3) is 0 Å². The van der Waals surface area contributed by atoms with Crippen molar-refractivity contribution in [3.05, 3.63) is 17.5 Å². The van der Waals surface area contributed by atoms with Crippen LogP contribution in [0.15, 0.2) is 6.20 Å². The van der Waals surface area contributed by atoms with Crippen molar-refractivity contribution in [1.82, 2.24) is 15.1 Å². The molecule has 1 unspecified atom stereocenters. The van der Waals surface area contributed by atoms with Gasteiger partial charge >= 0.3 is 0 Å². The second-order valence-electron chi connectivity index (χ2n) is 4.14. The van der Waals surface area contributed by atoms with Crippen molar-refractivity contribution in [3.63, 3.8) is 0 Å². The first-order valence-electron chi connectivity index (χ1n) is 5.57. The Kier molecular flexibility index (Phi) is 3.70. The monoisotopic (exact) mass is 225 g/mol. The molecule has 0 spiro atoms. The molecule has 1 fully saturated rings. The van der Waals surface area contributed by atoms with Crippen molar-refractivity contribution >= 4 is 11.8 Å². The van der Waals surface area contributed by atoms with E-state index in [2.05, 4.69) is 29.1 Å². The van der Waals surface area contributed by atoms with Gasteiger partial charge in [-0.25, -0.2) is 0 Å². The summed E-state index contributed by atoms with van der Waals surface area (Å²) in [5, 5.41) is 8.60. The summed E-state index contributed by atoms with van der Waals surface area (Å²) < 4.78 is 1.93. The van der Waals surface area contributed by atoms with Crippen molar-refractivity contribution in [2.45, 2.75) is 31.6 Å². The molecule has 1 aromatic rings. The standard InChI is InChI=1S/C11H19N3S/c1-9-10(7-13-14(9)2)6-12-8-11-4-3-5-15-11/h7,11-12H,3-6,8H2,1-2H3. The van der Waals surface area contributed by atoms with Gasteiger partial charge in [0.05, 0.1) is 6.20 Å². The lowest BCUT2D eigenvalue weighted by molar-refractivity contribution is 0.642. The van der Waals surface area contributed by atoms with E-state index in [4.69, 9.17) is 0 Å². The summed E-state index contributed by atoms with van der Waals surface area (Å²) in [6.07, 6.45) is 4.73. The second-order valence-corrected chi connectivity index (χ2v) is 5.55. The topological polar surface area (TPSA) is 29.9 Å². The first-order valence-corrected chi connectivity index (χ1v) is 6.62. The van der Waals surface area contributed by atoms with Gasteiger partial charge in [-0.1, -0.05) is 0 Å². The summed E-state index contributed by atoms with van der Waals surface area (Å²) in [4.78, 5) is 0. The summed E-state index contributed by atoms with van der Waals surface area (Å²) in [6, 6.07) is 0. The molecule has 0 aromatic carbocycles. The van der Waals surface area contributed by atoms with E-state index in [0.29, 0.717) is 0 Å². The van der Waals surface area contributed by atoms with Gasteiger partial charge in [0.15, 0.2) is 0 Å². The number of hydrogen-bond acceptors (Lipinski definition) is 3. The molecule has 1 aliphatic rings. The molecular weight excluding hydrogens is 206 g/mol. The maximum atomic E-state index is 4.24. The van der Waals surface area contributed by atoms with Crippen LogP contribution < -0.4 is 5.32 Å². The maximum absolute atomic E-state index is 4.24. The molecule has 0 amide bonds. The number of thioether (sulfide) groups is 1. The van der Waals surface area contributed by atoms with Gasteiger partial charge in [-0.2, -0.15) is 16.9 Å². The fraction of sp³-hybridized carbons (Fsp3) is 0.727. The number of rotatable bonds is 4. The largest absolute Gasteiger partial charge is 0.311 e. The highest BCUT2D eigenvalue weighted by Gasteiger charge is 2.14. The Labute approximate surface area is 95.6 Å². The van der Waals surface area contributed by atoms with Crippen LogP contribution in [0.3, 0.4) is 0 Å². The van der Waals surface area contributed by atoms with Crippen LogP contribution in [0, 0.1) is 6.92 Å². The Bertz CT molecular complexity index is 316. The molecule has 0 bridgehead atoms. The lowest BCUT2D eigenvalue weighted by Crippen LogP contribution is -2.22. The normalized spacial score (nSPS) is 21.1. The van der Waals surface area contributed by atoms with Crippen LogP contribution in [0.4, 0.5) is 0 Å². The third kappa shape index (κ3) is 2.75. The third-order valence-corrected chi connectivity index (χ3v) is 4.45. The number of aryl methyl sites for hydroxylation is 1. The van der Waals surface area contributed by atoms with Crippen molar-refractivity contribution < 1.29 is 0 Å². The number of hydrogen-bond donors (Lipinski definition) is 1. The summed E-state index contributed by atoms with van der Waals surface area (Å²) in [6.45, 7) is 4.21. The molecule has 2 rings (SSSR count). The number of nitrogens with zero attached hydrogens (tertiary/aromatic N) is 2. The molecule has 1 aromatic heterocycles. The molecule has 0 radical (unpaired) electrons. The van der Waals surface area contributed by atoms with Crippen molar-refractivity contribution in [2.24, 2.45) is 7.05 Å². The van der Waals surface area contributed by atoms with Gasteiger partial charge in [0.1, 0.15) is 0 Å². The Morgan fingerprint density at radius 3 is 3.13 bits per heavy atom. The predicted octanol–water partition coefficient (Wildman–Crippen LogP) is 1.71. The van der Waals surface area contributed by atoms with Crippen LogP contribution in [-0.4, -0.2) is 27.3 Å². The molecule has 4 heteroatoms. The van der Waals surface area contributed by atoms with Crippen molar-refractivity contribution in [1.29, 1.82) is 0 Å². The maximum Gasteiger partial charge on any atom is 0.0537 e. The van der Waals surface area contributed by atoms with Crippen molar-refractivity contribution in [3.8, 4) is 0 Å². The lowest BCUT2D eigenvalue weighted by Gasteiger charge is -2.09. The second kappa shape index (κ2) is 5.03. The van der Waals surface area contributed by atoms with E-state index < -0.39 is 0 Å². The molecule has 1 atom stereocenters. The summed E-state index contributed by atoms with van der Waals surface area (Å²) in [7, 11) is 1.99. The molecular formula is C11H19N3S. The van der Waals surface area contributed by atoms with Crippen LogP contribution in [-0.2, 0) is 13.6 Å². The summed E-state index contributed by atoms with van der Waals surface area (Å²) in [5.74, 6) is 1.35. The van der Waals surface area contributed by atoms with E-state index in [1.807, 2.05) is 17.9 Å². The molecule has 1 aliphatic heterocycles. The van der Waals surface area contributed by atoms with E-state index in [0.717, 1.165) is 18.3 Å². The Morgan fingerprint density at radius 2 is 2.53 bits per heavy atom. The summed E-state index contributed by atoms with van der Waals surface area (Å²) >= 11 is 2.10. The van der Waals surface area contributed by atoms with Gasteiger partial charge in [0, 0.05) is 36.6 Å². The quantitative estimate of drug-likeness (QED) is 0.846. The van der Waals surface area contributed by atoms with Gasteiger partial charge in [0.2, 0.25) is 0 Å². The predicted molar refractivity (Wildman–Crippen MR) is 65.1 cm³/mol. The zero-order chi connectivity index (χ0) is 10.7. The molecule has 3 nitrogen and oxygen atoms in total. The molecule has 1 saturated heterocycles. The highest BCUT2D eigenvalue weighted by atomic mass is 32.2. The van der Waals surface area contributed by atoms with E-state index >= 15 is 0 Å². The Hall–Kier alpha value is -0.480. The van der Waals surface area contributed by atoms with Gasteiger partial charge in [-0.15, -0.1) is 0 Å².